The first kappa shape index (κ1) is 22.8. The quantitative estimate of drug-likeness (QED) is 0.701. The lowest BCUT2D eigenvalue weighted by Gasteiger charge is -2.26. The fourth-order valence-corrected chi connectivity index (χ4v) is 3.81. The van der Waals surface area contributed by atoms with Gasteiger partial charge in [0.05, 0.1) is 25.3 Å². The van der Waals surface area contributed by atoms with Gasteiger partial charge in [0.25, 0.3) is 5.91 Å². The molecule has 0 radical (unpaired) electrons. The number of hydrogen-bond acceptors (Lipinski definition) is 6. The molecule has 0 unspecified atom stereocenters. The first-order chi connectivity index (χ1) is 14.8. The molecular weight excluding hydrogens is 423 g/mol. The SMILES string of the molecule is CC(C)N(CC(=O)Nc1nc(CC(=O)N2CCOCC2)cs1)C(=O)c1ccc(F)cc1. The number of nitrogens with zero attached hydrogens (tertiary/aromatic N) is 3. The summed E-state index contributed by atoms with van der Waals surface area (Å²) in [5.74, 6) is -1.22. The number of morpholine rings is 1. The van der Waals surface area contributed by atoms with Gasteiger partial charge in [-0.1, -0.05) is 0 Å². The van der Waals surface area contributed by atoms with Crippen molar-refractivity contribution in [2.45, 2.75) is 26.3 Å². The van der Waals surface area contributed by atoms with Gasteiger partial charge in [-0.3, -0.25) is 14.4 Å². The molecule has 1 N–H and O–H groups in total. The molecule has 0 spiro atoms. The largest absolute Gasteiger partial charge is 0.378 e. The Bertz CT molecular complexity index is 926. The molecule has 10 heteroatoms. The van der Waals surface area contributed by atoms with Gasteiger partial charge in [-0.2, -0.15) is 0 Å². The lowest BCUT2D eigenvalue weighted by molar-refractivity contribution is -0.134. The van der Waals surface area contributed by atoms with Crippen LogP contribution >= 0.6 is 11.3 Å². The molecule has 2 aromatic rings. The monoisotopic (exact) mass is 448 g/mol. The molecule has 1 aromatic heterocycles. The van der Waals surface area contributed by atoms with Gasteiger partial charge < -0.3 is 19.9 Å². The van der Waals surface area contributed by atoms with Crippen LogP contribution in [0.2, 0.25) is 0 Å². The Balaban J connectivity index is 1.57. The van der Waals surface area contributed by atoms with Gasteiger partial charge in [0.1, 0.15) is 12.4 Å². The number of rotatable bonds is 7. The summed E-state index contributed by atoms with van der Waals surface area (Å²) < 4.78 is 18.4. The van der Waals surface area contributed by atoms with Crippen LogP contribution in [0.5, 0.6) is 0 Å². The summed E-state index contributed by atoms with van der Waals surface area (Å²) in [7, 11) is 0. The number of aromatic nitrogens is 1. The van der Waals surface area contributed by atoms with Crippen LogP contribution in [0.25, 0.3) is 0 Å². The van der Waals surface area contributed by atoms with Crippen LogP contribution in [0.1, 0.15) is 29.9 Å². The van der Waals surface area contributed by atoms with Gasteiger partial charge >= 0.3 is 0 Å². The lowest BCUT2D eigenvalue weighted by atomic mass is 10.1. The average molecular weight is 449 g/mol. The lowest BCUT2D eigenvalue weighted by Crippen LogP contribution is -2.42. The van der Waals surface area contributed by atoms with Crippen molar-refractivity contribution < 1.29 is 23.5 Å². The second kappa shape index (κ2) is 10.5. The topological polar surface area (TPSA) is 91.8 Å². The molecule has 1 aliphatic rings. The number of anilines is 1. The first-order valence-corrected chi connectivity index (χ1v) is 10.9. The molecule has 1 saturated heterocycles. The minimum absolute atomic E-state index is 0.0256. The summed E-state index contributed by atoms with van der Waals surface area (Å²) in [6.45, 7) is 5.63. The van der Waals surface area contributed by atoms with E-state index in [9.17, 15) is 18.8 Å². The number of hydrogen-bond donors (Lipinski definition) is 1. The summed E-state index contributed by atoms with van der Waals surface area (Å²) in [6, 6.07) is 4.97. The number of benzene rings is 1. The highest BCUT2D eigenvalue weighted by Gasteiger charge is 2.23. The third-order valence-corrected chi connectivity index (χ3v) is 5.59. The summed E-state index contributed by atoms with van der Waals surface area (Å²) in [5, 5.41) is 4.79. The maximum atomic E-state index is 13.1. The number of amides is 3. The van der Waals surface area contributed by atoms with E-state index in [2.05, 4.69) is 10.3 Å². The van der Waals surface area contributed by atoms with Crippen molar-refractivity contribution in [1.29, 1.82) is 0 Å². The molecule has 166 valence electrons. The molecule has 1 aliphatic heterocycles. The number of thiazole rings is 1. The summed E-state index contributed by atoms with van der Waals surface area (Å²) in [6.07, 6.45) is 0.160. The zero-order valence-electron chi connectivity index (χ0n) is 17.5. The molecule has 3 rings (SSSR count). The van der Waals surface area contributed by atoms with Gasteiger partial charge in [-0.25, -0.2) is 9.37 Å². The molecule has 1 fully saturated rings. The van der Waals surface area contributed by atoms with Crippen molar-refractivity contribution in [2.75, 3.05) is 38.2 Å². The van der Waals surface area contributed by atoms with Crippen LogP contribution in [0.3, 0.4) is 0 Å². The van der Waals surface area contributed by atoms with Gasteiger partial charge in [0, 0.05) is 30.1 Å². The normalized spacial score (nSPS) is 13.9. The van der Waals surface area contributed by atoms with Crippen LogP contribution < -0.4 is 5.32 Å². The van der Waals surface area contributed by atoms with Crippen molar-refractivity contribution in [3.05, 3.63) is 46.7 Å². The van der Waals surface area contributed by atoms with Crippen molar-refractivity contribution in [1.82, 2.24) is 14.8 Å². The van der Waals surface area contributed by atoms with Crippen LogP contribution in [-0.4, -0.2) is 71.4 Å². The van der Waals surface area contributed by atoms with Crippen molar-refractivity contribution in [3.8, 4) is 0 Å². The maximum Gasteiger partial charge on any atom is 0.254 e. The third-order valence-electron chi connectivity index (χ3n) is 4.78. The van der Waals surface area contributed by atoms with E-state index in [0.717, 1.165) is 0 Å². The molecule has 0 bridgehead atoms. The molecule has 8 nitrogen and oxygen atoms in total. The van der Waals surface area contributed by atoms with E-state index in [1.54, 1.807) is 24.1 Å². The predicted molar refractivity (Wildman–Crippen MR) is 114 cm³/mol. The molecule has 2 heterocycles. The molecule has 31 heavy (non-hydrogen) atoms. The molecular formula is C21H25FN4O4S. The Kier molecular flexibility index (Phi) is 7.69. The van der Waals surface area contributed by atoms with Crippen LogP contribution in [0.15, 0.2) is 29.6 Å². The smallest absolute Gasteiger partial charge is 0.254 e. The Labute approximate surface area is 184 Å². The third kappa shape index (κ3) is 6.31. The van der Waals surface area contributed by atoms with Gasteiger partial charge in [0.2, 0.25) is 11.8 Å². The molecule has 1 aromatic carbocycles. The first-order valence-electron chi connectivity index (χ1n) is 10.00. The fraction of sp³-hybridized carbons (Fsp3) is 0.429. The highest BCUT2D eigenvalue weighted by Crippen LogP contribution is 2.17. The number of nitrogens with one attached hydrogen (secondary N) is 1. The van der Waals surface area contributed by atoms with Crippen molar-refractivity contribution >= 4 is 34.2 Å². The highest BCUT2D eigenvalue weighted by molar-refractivity contribution is 7.13. The van der Waals surface area contributed by atoms with Gasteiger partial charge in [-0.05, 0) is 38.1 Å². The van der Waals surface area contributed by atoms with Crippen LogP contribution in [-0.2, 0) is 20.7 Å². The van der Waals surface area contributed by atoms with Crippen LogP contribution in [0, 0.1) is 5.82 Å². The predicted octanol–water partition coefficient (Wildman–Crippen LogP) is 2.17. The molecule has 0 saturated carbocycles. The summed E-state index contributed by atoms with van der Waals surface area (Å²) in [4.78, 5) is 45.0. The summed E-state index contributed by atoms with van der Waals surface area (Å²) >= 11 is 1.22. The highest BCUT2D eigenvalue weighted by atomic mass is 32.1. The summed E-state index contributed by atoms with van der Waals surface area (Å²) in [5.41, 5.74) is 0.890. The van der Waals surface area contributed by atoms with Crippen LogP contribution in [0.4, 0.5) is 9.52 Å². The number of carbonyl (C=O) groups excluding carboxylic acids is 3. The van der Waals surface area contributed by atoms with Gasteiger partial charge in [0.15, 0.2) is 5.13 Å². The van der Waals surface area contributed by atoms with E-state index >= 15 is 0 Å². The zero-order chi connectivity index (χ0) is 22.4. The Morgan fingerprint density at radius 1 is 1.23 bits per heavy atom. The fourth-order valence-electron chi connectivity index (χ4n) is 3.09. The Hall–Kier alpha value is -2.85. The minimum Gasteiger partial charge on any atom is -0.378 e. The number of carbonyl (C=O) groups is 3. The minimum atomic E-state index is -0.433. The second-order valence-corrected chi connectivity index (χ2v) is 8.25. The Morgan fingerprint density at radius 2 is 1.90 bits per heavy atom. The van der Waals surface area contributed by atoms with E-state index in [-0.39, 0.29) is 30.8 Å². The zero-order valence-corrected chi connectivity index (χ0v) is 18.3. The number of ether oxygens (including phenoxy) is 1. The Morgan fingerprint density at radius 3 is 2.55 bits per heavy atom. The average Bonchev–Trinajstić information content (AvgIpc) is 3.19. The van der Waals surface area contributed by atoms with E-state index < -0.39 is 11.7 Å². The van der Waals surface area contributed by atoms with E-state index in [1.165, 1.54) is 40.5 Å². The second-order valence-electron chi connectivity index (χ2n) is 7.40. The standard InChI is InChI=1S/C21H25FN4O4S/c1-14(2)26(20(29)15-3-5-16(22)6-4-15)12-18(27)24-21-23-17(13-31-21)11-19(28)25-7-9-30-10-8-25/h3-6,13-14H,7-12H2,1-2H3,(H,23,24,27). The van der Waals surface area contributed by atoms with Crippen molar-refractivity contribution in [2.24, 2.45) is 0 Å². The molecule has 3 amide bonds. The van der Waals surface area contributed by atoms with Gasteiger partial charge in [-0.15, -0.1) is 11.3 Å². The molecule has 0 aliphatic carbocycles. The van der Waals surface area contributed by atoms with E-state index in [0.29, 0.717) is 42.7 Å². The van der Waals surface area contributed by atoms with E-state index in [1.807, 2.05) is 0 Å². The van der Waals surface area contributed by atoms with E-state index in [4.69, 9.17) is 4.74 Å². The van der Waals surface area contributed by atoms with Crippen molar-refractivity contribution in [3.63, 3.8) is 0 Å². The molecule has 0 atom stereocenters. The number of halogens is 1. The maximum absolute atomic E-state index is 13.1.